The van der Waals surface area contributed by atoms with Crippen molar-refractivity contribution in [2.24, 2.45) is 7.05 Å². The molecule has 3 aromatic heterocycles. The lowest BCUT2D eigenvalue weighted by Crippen LogP contribution is -2.40. The smallest absolute Gasteiger partial charge is 0.339 e. The van der Waals surface area contributed by atoms with Gasteiger partial charge in [0, 0.05) is 30.8 Å². The minimum Gasteiger partial charge on any atom is -0.462 e. The Labute approximate surface area is 172 Å². The third-order valence-corrected chi connectivity index (χ3v) is 5.57. The van der Waals surface area contributed by atoms with Gasteiger partial charge < -0.3 is 9.26 Å². The van der Waals surface area contributed by atoms with Crippen LogP contribution >= 0.6 is 0 Å². The van der Waals surface area contributed by atoms with Crippen molar-refractivity contribution in [3.63, 3.8) is 0 Å². The number of hydrogen-bond acceptors (Lipinski definition) is 7. The van der Waals surface area contributed by atoms with Gasteiger partial charge in [-0.25, -0.2) is 14.6 Å². The first-order chi connectivity index (χ1) is 14.3. The van der Waals surface area contributed by atoms with Crippen LogP contribution in [0.5, 0.6) is 0 Å². The molecular weight excluding hydrogens is 388 g/mol. The predicted molar refractivity (Wildman–Crippen MR) is 109 cm³/mol. The third-order valence-electron chi connectivity index (χ3n) is 5.57. The number of nitrogens with zero attached hydrogens (tertiary/aromatic N) is 4. The second-order valence-corrected chi connectivity index (χ2v) is 7.64. The Morgan fingerprint density at radius 3 is 2.63 bits per heavy atom. The first kappa shape index (κ1) is 20.1. The highest BCUT2D eigenvalue weighted by molar-refractivity contribution is 6.02. The van der Waals surface area contributed by atoms with E-state index >= 15 is 0 Å². The molecule has 158 valence electrons. The first-order valence-corrected chi connectivity index (χ1v) is 10.1. The highest BCUT2D eigenvalue weighted by atomic mass is 16.5. The van der Waals surface area contributed by atoms with E-state index in [0.29, 0.717) is 17.9 Å². The number of rotatable bonds is 6. The predicted octanol–water partition coefficient (Wildman–Crippen LogP) is 2.00. The fourth-order valence-corrected chi connectivity index (χ4v) is 3.74. The van der Waals surface area contributed by atoms with Gasteiger partial charge in [-0.2, -0.15) is 0 Å². The lowest BCUT2D eigenvalue weighted by Gasteiger charge is -2.14. The van der Waals surface area contributed by atoms with Gasteiger partial charge in [-0.05, 0) is 46.1 Å². The standard InChI is InChI=1S/C21H24N4O5/c1-5-29-20(27)15-10-16(13-6-7-13)22-18-17(15)19(26)25(21(28)24(18)4)9-8-14-11(2)23-30-12(14)3/h10,13H,5-9H2,1-4H3. The molecule has 0 spiro atoms. The Bertz CT molecular complexity index is 1240. The molecule has 0 atom stereocenters. The van der Waals surface area contributed by atoms with Gasteiger partial charge in [0.1, 0.15) is 11.4 Å². The van der Waals surface area contributed by atoms with Crippen molar-refractivity contribution in [1.29, 1.82) is 0 Å². The molecule has 0 N–H and O–H groups in total. The topological polar surface area (TPSA) is 109 Å². The van der Waals surface area contributed by atoms with E-state index in [0.717, 1.165) is 28.7 Å². The quantitative estimate of drug-likeness (QED) is 0.570. The summed E-state index contributed by atoms with van der Waals surface area (Å²) in [5.41, 5.74) is 1.65. The summed E-state index contributed by atoms with van der Waals surface area (Å²) in [6.45, 7) is 5.64. The molecule has 0 amide bonds. The van der Waals surface area contributed by atoms with Crippen LogP contribution in [0.4, 0.5) is 0 Å². The molecule has 0 saturated heterocycles. The molecule has 1 saturated carbocycles. The number of ether oxygens (including phenoxy) is 1. The molecule has 1 aliphatic rings. The highest BCUT2D eigenvalue weighted by Gasteiger charge is 2.29. The van der Waals surface area contributed by atoms with Gasteiger partial charge in [-0.1, -0.05) is 5.16 Å². The molecule has 9 nitrogen and oxygen atoms in total. The summed E-state index contributed by atoms with van der Waals surface area (Å²) in [5, 5.41) is 4.02. The summed E-state index contributed by atoms with van der Waals surface area (Å²) in [5.74, 6) is 0.320. The summed E-state index contributed by atoms with van der Waals surface area (Å²) < 4.78 is 12.8. The van der Waals surface area contributed by atoms with E-state index in [1.54, 1.807) is 27.0 Å². The molecule has 0 bridgehead atoms. The number of esters is 1. The maximum absolute atomic E-state index is 13.3. The largest absolute Gasteiger partial charge is 0.462 e. The van der Waals surface area contributed by atoms with Crippen LogP contribution in [0.15, 0.2) is 20.2 Å². The van der Waals surface area contributed by atoms with Crippen molar-refractivity contribution in [2.45, 2.75) is 52.5 Å². The Balaban J connectivity index is 1.89. The van der Waals surface area contributed by atoms with E-state index < -0.39 is 17.2 Å². The van der Waals surface area contributed by atoms with Crippen LogP contribution in [-0.4, -0.2) is 31.9 Å². The van der Waals surface area contributed by atoms with Crippen molar-refractivity contribution < 1.29 is 14.1 Å². The summed E-state index contributed by atoms with van der Waals surface area (Å²) in [7, 11) is 1.56. The molecule has 0 aromatic carbocycles. The Kier molecular flexibility index (Phi) is 5.05. The number of hydrogen-bond donors (Lipinski definition) is 0. The van der Waals surface area contributed by atoms with Gasteiger partial charge in [-0.15, -0.1) is 0 Å². The van der Waals surface area contributed by atoms with E-state index in [1.165, 1.54) is 4.57 Å². The number of fused-ring (bicyclic) bond motifs is 1. The average molecular weight is 412 g/mol. The van der Waals surface area contributed by atoms with Crippen molar-refractivity contribution in [3.05, 3.63) is 55.2 Å². The summed E-state index contributed by atoms with van der Waals surface area (Å²) in [4.78, 5) is 43.5. The van der Waals surface area contributed by atoms with Crippen molar-refractivity contribution in [3.8, 4) is 0 Å². The van der Waals surface area contributed by atoms with Gasteiger partial charge in [0.05, 0.1) is 23.3 Å². The zero-order valence-electron chi connectivity index (χ0n) is 17.5. The fourth-order valence-electron chi connectivity index (χ4n) is 3.74. The first-order valence-electron chi connectivity index (χ1n) is 10.1. The number of carbonyl (C=O) groups excluding carboxylic acids is 1. The average Bonchev–Trinajstić information content (AvgIpc) is 3.52. The van der Waals surface area contributed by atoms with E-state index in [9.17, 15) is 14.4 Å². The van der Waals surface area contributed by atoms with Gasteiger partial charge >= 0.3 is 11.7 Å². The number of carbonyl (C=O) groups is 1. The molecule has 3 aromatic rings. The van der Waals surface area contributed by atoms with Gasteiger partial charge in [0.2, 0.25) is 0 Å². The molecule has 1 aliphatic carbocycles. The number of pyridine rings is 1. The second kappa shape index (κ2) is 7.55. The normalized spacial score (nSPS) is 13.7. The van der Waals surface area contributed by atoms with Gasteiger partial charge in [-0.3, -0.25) is 13.9 Å². The van der Waals surface area contributed by atoms with E-state index in [2.05, 4.69) is 10.1 Å². The van der Waals surface area contributed by atoms with E-state index in [1.807, 2.05) is 6.92 Å². The van der Waals surface area contributed by atoms with Crippen LogP contribution in [-0.2, 0) is 24.8 Å². The SMILES string of the molecule is CCOC(=O)c1cc(C2CC2)nc2c1c(=O)n(CCc1c(C)noc1C)c(=O)n2C. The van der Waals surface area contributed by atoms with Crippen LogP contribution in [0.3, 0.4) is 0 Å². The molecule has 9 heteroatoms. The van der Waals surface area contributed by atoms with Crippen LogP contribution in [0, 0.1) is 13.8 Å². The van der Waals surface area contributed by atoms with Crippen molar-refractivity contribution in [1.82, 2.24) is 19.3 Å². The van der Waals surface area contributed by atoms with E-state index in [4.69, 9.17) is 9.26 Å². The van der Waals surface area contributed by atoms with Crippen LogP contribution in [0.1, 0.15) is 58.8 Å². The second-order valence-electron chi connectivity index (χ2n) is 7.64. The Morgan fingerprint density at radius 2 is 2.03 bits per heavy atom. The number of aromatic nitrogens is 4. The molecule has 0 aliphatic heterocycles. The van der Waals surface area contributed by atoms with Crippen LogP contribution < -0.4 is 11.2 Å². The lowest BCUT2D eigenvalue weighted by molar-refractivity contribution is 0.0528. The van der Waals surface area contributed by atoms with Crippen molar-refractivity contribution >= 4 is 17.0 Å². The molecule has 1 fully saturated rings. The molecule has 30 heavy (non-hydrogen) atoms. The molecule has 4 rings (SSSR count). The minimum atomic E-state index is -0.583. The minimum absolute atomic E-state index is 0.110. The van der Waals surface area contributed by atoms with Gasteiger partial charge in [0.15, 0.2) is 0 Å². The highest BCUT2D eigenvalue weighted by Crippen LogP contribution is 2.39. The van der Waals surface area contributed by atoms with Crippen LogP contribution in [0.2, 0.25) is 0 Å². The lowest BCUT2D eigenvalue weighted by atomic mass is 10.1. The molecule has 0 radical (unpaired) electrons. The Hall–Kier alpha value is -3.23. The Morgan fingerprint density at radius 1 is 1.30 bits per heavy atom. The van der Waals surface area contributed by atoms with Gasteiger partial charge in [0.25, 0.3) is 5.56 Å². The van der Waals surface area contributed by atoms with Crippen molar-refractivity contribution in [2.75, 3.05) is 6.61 Å². The monoisotopic (exact) mass is 412 g/mol. The molecule has 0 unspecified atom stereocenters. The summed E-state index contributed by atoms with van der Waals surface area (Å²) >= 11 is 0. The molecule has 3 heterocycles. The maximum Gasteiger partial charge on any atom is 0.339 e. The summed E-state index contributed by atoms with van der Waals surface area (Å²) in [6, 6.07) is 1.64. The third kappa shape index (κ3) is 3.34. The summed E-state index contributed by atoms with van der Waals surface area (Å²) in [6.07, 6.45) is 2.36. The van der Waals surface area contributed by atoms with E-state index in [-0.39, 0.29) is 35.7 Å². The fraction of sp³-hybridized carbons (Fsp3) is 0.476. The zero-order chi connectivity index (χ0) is 21.6. The molecular formula is C21H24N4O5. The van der Waals surface area contributed by atoms with Crippen LogP contribution in [0.25, 0.3) is 11.0 Å². The zero-order valence-corrected chi connectivity index (χ0v) is 17.5. The maximum atomic E-state index is 13.3. The number of aryl methyl sites for hydroxylation is 3.